The van der Waals surface area contributed by atoms with Gasteiger partial charge in [0.2, 0.25) is 0 Å². The van der Waals surface area contributed by atoms with Crippen molar-refractivity contribution in [1.29, 1.82) is 0 Å². The average molecular weight is 365 g/mol. The van der Waals surface area contributed by atoms with Gasteiger partial charge in [0.25, 0.3) is 0 Å². The first kappa shape index (κ1) is 18.5. The summed E-state index contributed by atoms with van der Waals surface area (Å²) in [6.07, 6.45) is 9.00. The molecular weight excluding hydrogens is 336 g/mol. The standard InChI is InChI=1S/C28H28/c1-21-9-11-23(12-10-21)13-14-24-15-16-28(19-24)27-8-4-7-26(20-27)18-25-6-3-5-22(2)17-25/h3-12,15-17,20H,13-14,18-19H2,1-2H3. The Labute approximate surface area is 169 Å². The number of rotatable bonds is 6. The molecule has 3 aromatic carbocycles. The van der Waals surface area contributed by atoms with E-state index in [0.717, 1.165) is 25.7 Å². The molecule has 0 nitrogen and oxygen atoms in total. The Morgan fingerprint density at radius 2 is 1.39 bits per heavy atom. The van der Waals surface area contributed by atoms with E-state index in [2.05, 4.69) is 98.8 Å². The molecule has 0 spiro atoms. The van der Waals surface area contributed by atoms with Crippen molar-refractivity contribution in [2.24, 2.45) is 0 Å². The molecule has 4 rings (SSSR count). The zero-order valence-electron chi connectivity index (χ0n) is 16.9. The van der Waals surface area contributed by atoms with Crippen LogP contribution in [0, 0.1) is 13.8 Å². The van der Waals surface area contributed by atoms with E-state index in [0.29, 0.717) is 0 Å². The number of hydrogen-bond donors (Lipinski definition) is 0. The Morgan fingerprint density at radius 1 is 0.643 bits per heavy atom. The highest BCUT2D eigenvalue weighted by Crippen LogP contribution is 2.31. The summed E-state index contributed by atoms with van der Waals surface area (Å²) in [5.41, 5.74) is 11.2. The summed E-state index contributed by atoms with van der Waals surface area (Å²) < 4.78 is 0. The topological polar surface area (TPSA) is 0 Å². The fourth-order valence-electron chi connectivity index (χ4n) is 3.95. The molecular formula is C28H28. The third kappa shape index (κ3) is 4.70. The van der Waals surface area contributed by atoms with Crippen LogP contribution in [0.2, 0.25) is 0 Å². The average Bonchev–Trinajstić information content (AvgIpc) is 3.17. The van der Waals surface area contributed by atoms with E-state index < -0.39 is 0 Å². The summed E-state index contributed by atoms with van der Waals surface area (Å²) in [6, 6.07) is 26.8. The molecule has 0 saturated heterocycles. The molecule has 0 aromatic heterocycles. The van der Waals surface area contributed by atoms with Crippen LogP contribution in [0.25, 0.3) is 5.57 Å². The minimum absolute atomic E-state index is 0.997. The van der Waals surface area contributed by atoms with E-state index in [4.69, 9.17) is 0 Å². The highest BCUT2D eigenvalue weighted by atomic mass is 14.2. The minimum Gasteiger partial charge on any atom is -0.0655 e. The third-order valence-corrected chi connectivity index (χ3v) is 5.58. The maximum absolute atomic E-state index is 2.37. The lowest BCUT2D eigenvalue weighted by Gasteiger charge is -2.09. The summed E-state index contributed by atoms with van der Waals surface area (Å²) >= 11 is 0. The second-order valence-corrected chi connectivity index (χ2v) is 8.05. The zero-order valence-corrected chi connectivity index (χ0v) is 16.9. The molecule has 0 unspecified atom stereocenters. The molecule has 3 aromatic rings. The maximum Gasteiger partial charge on any atom is -0.00255 e. The van der Waals surface area contributed by atoms with E-state index >= 15 is 0 Å². The van der Waals surface area contributed by atoms with Gasteiger partial charge in [-0.3, -0.25) is 0 Å². The fourth-order valence-corrected chi connectivity index (χ4v) is 3.95. The van der Waals surface area contributed by atoms with Crippen molar-refractivity contribution in [2.75, 3.05) is 0 Å². The Kier molecular flexibility index (Phi) is 5.58. The molecule has 0 radical (unpaired) electrons. The predicted octanol–water partition coefficient (Wildman–Crippen LogP) is 7.24. The van der Waals surface area contributed by atoms with Crippen LogP contribution in [0.15, 0.2) is 90.5 Å². The number of hydrogen-bond acceptors (Lipinski definition) is 0. The molecule has 0 atom stereocenters. The fraction of sp³-hybridized carbons (Fsp3) is 0.214. The first-order valence-electron chi connectivity index (χ1n) is 10.2. The minimum atomic E-state index is 0.997. The molecule has 1 aliphatic rings. The summed E-state index contributed by atoms with van der Waals surface area (Å²) in [4.78, 5) is 0. The second-order valence-electron chi connectivity index (χ2n) is 8.05. The third-order valence-electron chi connectivity index (χ3n) is 5.58. The lowest BCUT2D eigenvalue weighted by molar-refractivity contribution is 0.922. The van der Waals surface area contributed by atoms with Crippen LogP contribution in [-0.4, -0.2) is 0 Å². The van der Waals surface area contributed by atoms with Crippen molar-refractivity contribution in [3.05, 3.63) is 124 Å². The Hall–Kier alpha value is -2.86. The van der Waals surface area contributed by atoms with Crippen LogP contribution in [0.3, 0.4) is 0 Å². The van der Waals surface area contributed by atoms with Crippen molar-refractivity contribution in [3.8, 4) is 0 Å². The van der Waals surface area contributed by atoms with Crippen molar-refractivity contribution in [2.45, 2.75) is 39.5 Å². The second kappa shape index (κ2) is 8.44. The van der Waals surface area contributed by atoms with Crippen LogP contribution in [0.5, 0.6) is 0 Å². The first-order valence-corrected chi connectivity index (χ1v) is 10.2. The van der Waals surface area contributed by atoms with E-state index in [-0.39, 0.29) is 0 Å². The van der Waals surface area contributed by atoms with E-state index in [9.17, 15) is 0 Å². The quantitative estimate of drug-likeness (QED) is 0.432. The SMILES string of the molecule is Cc1ccc(CCC2=CC=C(c3cccc(Cc4cccc(C)c4)c3)C2)cc1. The largest absolute Gasteiger partial charge is 0.0655 e. The Balaban J connectivity index is 1.37. The molecule has 0 saturated carbocycles. The molecule has 0 bridgehead atoms. The molecule has 0 aliphatic heterocycles. The number of aryl methyl sites for hydroxylation is 3. The van der Waals surface area contributed by atoms with Crippen LogP contribution in [0.4, 0.5) is 0 Å². The van der Waals surface area contributed by atoms with Gasteiger partial charge in [-0.15, -0.1) is 0 Å². The van der Waals surface area contributed by atoms with Gasteiger partial charge in [0.15, 0.2) is 0 Å². The lowest BCUT2D eigenvalue weighted by atomic mass is 9.96. The van der Waals surface area contributed by atoms with Gasteiger partial charge < -0.3 is 0 Å². The van der Waals surface area contributed by atoms with E-state index in [1.807, 2.05) is 0 Å². The Bertz CT molecular complexity index is 1020. The molecule has 0 heterocycles. The normalized spacial score (nSPS) is 13.4. The van der Waals surface area contributed by atoms with Crippen LogP contribution >= 0.6 is 0 Å². The van der Waals surface area contributed by atoms with Crippen LogP contribution < -0.4 is 0 Å². The summed E-state index contributed by atoms with van der Waals surface area (Å²) in [5.74, 6) is 0. The first-order chi connectivity index (χ1) is 13.7. The Morgan fingerprint density at radius 3 is 2.18 bits per heavy atom. The highest BCUT2D eigenvalue weighted by molar-refractivity contribution is 5.72. The van der Waals surface area contributed by atoms with Gasteiger partial charge in [0, 0.05) is 0 Å². The van der Waals surface area contributed by atoms with Crippen LogP contribution in [0.1, 0.15) is 46.2 Å². The van der Waals surface area contributed by atoms with Crippen molar-refractivity contribution in [3.63, 3.8) is 0 Å². The molecule has 0 N–H and O–H groups in total. The lowest BCUT2D eigenvalue weighted by Crippen LogP contribution is -1.92. The number of allylic oxidation sites excluding steroid dienone is 4. The van der Waals surface area contributed by atoms with E-state index in [1.54, 1.807) is 5.57 Å². The summed E-state index contributed by atoms with van der Waals surface area (Å²) in [7, 11) is 0. The van der Waals surface area contributed by atoms with Gasteiger partial charge in [0.1, 0.15) is 0 Å². The molecule has 0 amide bonds. The molecule has 0 fully saturated rings. The van der Waals surface area contributed by atoms with Crippen LogP contribution in [-0.2, 0) is 12.8 Å². The number of benzene rings is 3. The van der Waals surface area contributed by atoms with Gasteiger partial charge in [-0.2, -0.15) is 0 Å². The predicted molar refractivity (Wildman–Crippen MR) is 121 cm³/mol. The van der Waals surface area contributed by atoms with Crippen molar-refractivity contribution >= 4 is 5.57 Å². The highest BCUT2D eigenvalue weighted by Gasteiger charge is 2.11. The smallest absolute Gasteiger partial charge is 0.00255 e. The summed E-state index contributed by atoms with van der Waals surface area (Å²) in [6.45, 7) is 4.31. The molecule has 140 valence electrons. The zero-order chi connectivity index (χ0) is 19.3. The van der Waals surface area contributed by atoms with E-state index in [1.165, 1.54) is 39.0 Å². The van der Waals surface area contributed by atoms with Crippen molar-refractivity contribution < 1.29 is 0 Å². The monoisotopic (exact) mass is 364 g/mol. The van der Waals surface area contributed by atoms with Gasteiger partial charge in [-0.25, -0.2) is 0 Å². The molecule has 1 aliphatic carbocycles. The maximum atomic E-state index is 2.37. The molecule has 28 heavy (non-hydrogen) atoms. The van der Waals surface area contributed by atoms with Gasteiger partial charge in [-0.05, 0) is 67.4 Å². The summed E-state index contributed by atoms with van der Waals surface area (Å²) in [5, 5.41) is 0. The van der Waals surface area contributed by atoms with Gasteiger partial charge in [-0.1, -0.05) is 102 Å². The van der Waals surface area contributed by atoms with Crippen molar-refractivity contribution in [1.82, 2.24) is 0 Å². The van der Waals surface area contributed by atoms with Gasteiger partial charge in [0.05, 0.1) is 0 Å². The molecule has 0 heteroatoms. The van der Waals surface area contributed by atoms with Gasteiger partial charge >= 0.3 is 0 Å².